The van der Waals surface area contributed by atoms with Gasteiger partial charge in [0.15, 0.2) is 0 Å². The summed E-state index contributed by atoms with van der Waals surface area (Å²) in [7, 11) is -3.10. The van der Waals surface area contributed by atoms with Crippen LogP contribution in [-0.4, -0.2) is 43.0 Å². The molecule has 108 valence electrons. The second-order valence-corrected chi connectivity index (χ2v) is 8.25. The van der Waals surface area contributed by atoms with Gasteiger partial charge in [-0.3, -0.25) is 4.79 Å². The lowest BCUT2D eigenvalue weighted by molar-refractivity contribution is -0.122. The monoisotopic (exact) mass is 286 g/mol. The molecule has 2 bridgehead atoms. The first kappa shape index (κ1) is 13.4. The molecule has 3 aliphatic rings. The third-order valence-corrected chi connectivity index (χ3v) is 5.95. The molecule has 0 aromatic rings. The van der Waals surface area contributed by atoms with Gasteiger partial charge in [0.25, 0.3) is 0 Å². The molecule has 2 atom stereocenters. The first-order valence-electron chi connectivity index (χ1n) is 7.21. The fraction of sp³-hybridized carbons (Fsp3) is 0.923. The van der Waals surface area contributed by atoms with Crippen molar-refractivity contribution in [3.8, 4) is 0 Å². The number of fused-ring (bicyclic) bond motifs is 2. The highest BCUT2D eigenvalue weighted by Gasteiger charge is 2.45. The van der Waals surface area contributed by atoms with Crippen LogP contribution in [0.3, 0.4) is 0 Å². The third-order valence-electron chi connectivity index (χ3n) is 4.59. The third kappa shape index (κ3) is 2.94. The largest absolute Gasteiger partial charge is 0.353 e. The van der Waals surface area contributed by atoms with E-state index in [-0.39, 0.29) is 24.0 Å². The Bertz CT molecular complexity index is 458. The van der Waals surface area contributed by atoms with Crippen molar-refractivity contribution in [1.29, 1.82) is 0 Å². The van der Waals surface area contributed by atoms with E-state index in [1.165, 1.54) is 19.1 Å². The first-order chi connectivity index (χ1) is 8.93. The molecule has 1 N–H and O–H groups in total. The number of carbonyl (C=O) groups excluding carboxylic acids is 1. The Kier molecular flexibility index (Phi) is 3.33. The molecule has 1 amide bonds. The Morgan fingerprint density at radius 3 is 2.21 bits per heavy atom. The minimum absolute atomic E-state index is 0.0972. The fourth-order valence-electron chi connectivity index (χ4n) is 3.66. The quantitative estimate of drug-likeness (QED) is 0.833. The topological polar surface area (TPSA) is 66.5 Å². The summed E-state index contributed by atoms with van der Waals surface area (Å²) in [5.41, 5.74) is 0. The van der Waals surface area contributed by atoms with Crippen LogP contribution in [0.2, 0.25) is 0 Å². The number of amides is 1. The lowest BCUT2D eigenvalue weighted by Crippen LogP contribution is -2.52. The average Bonchev–Trinajstić information content (AvgIpc) is 3.02. The molecule has 3 rings (SSSR count). The Morgan fingerprint density at radius 2 is 1.74 bits per heavy atom. The standard InChI is InChI=1S/C13H22N2O3S/c1-19(17,18)15-11-4-5-12(15)8-10(7-11)14-13(16)6-9-2-3-9/h9-12H,2-8H2,1H3,(H,14,16). The zero-order chi connectivity index (χ0) is 13.6. The number of rotatable bonds is 4. The van der Waals surface area contributed by atoms with Crippen molar-refractivity contribution in [2.45, 2.75) is 63.1 Å². The summed E-state index contributed by atoms with van der Waals surface area (Å²) in [5, 5.41) is 3.10. The smallest absolute Gasteiger partial charge is 0.220 e. The van der Waals surface area contributed by atoms with Crippen LogP contribution in [-0.2, 0) is 14.8 Å². The number of piperidine rings is 1. The van der Waals surface area contributed by atoms with Gasteiger partial charge < -0.3 is 5.32 Å². The van der Waals surface area contributed by atoms with Crippen LogP contribution >= 0.6 is 0 Å². The number of hydrogen-bond acceptors (Lipinski definition) is 3. The van der Waals surface area contributed by atoms with Crippen LogP contribution in [0.15, 0.2) is 0 Å². The molecular formula is C13H22N2O3S. The molecule has 1 saturated carbocycles. The summed E-state index contributed by atoms with van der Waals surface area (Å²) in [4.78, 5) is 11.8. The average molecular weight is 286 g/mol. The summed E-state index contributed by atoms with van der Waals surface area (Å²) in [6.07, 6.45) is 7.75. The highest BCUT2D eigenvalue weighted by Crippen LogP contribution is 2.38. The fourth-order valence-corrected chi connectivity index (χ4v) is 5.13. The Morgan fingerprint density at radius 1 is 1.16 bits per heavy atom. The molecule has 2 aliphatic heterocycles. The second-order valence-electron chi connectivity index (χ2n) is 6.36. The van der Waals surface area contributed by atoms with Crippen molar-refractivity contribution in [1.82, 2.24) is 9.62 Å². The molecule has 5 nitrogen and oxygen atoms in total. The lowest BCUT2D eigenvalue weighted by atomic mass is 9.99. The van der Waals surface area contributed by atoms with Gasteiger partial charge in [0.05, 0.1) is 6.26 Å². The zero-order valence-corrected chi connectivity index (χ0v) is 12.2. The van der Waals surface area contributed by atoms with Crippen LogP contribution in [0.25, 0.3) is 0 Å². The van der Waals surface area contributed by atoms with E-state index in [1.54, 1.807) is 4.31 Å². The maximum Gasteiger partial charge on any atom is 0.220 e. The molecule has 6 heteroatoms. The Hall–Kier alpha value is -0.620. The predicted molar refractivity (Wildman–Crippen MR) is 72.0 cm³/mol. The van der Waals surface area contributed by atoms with E-state index in [9.17, 15) is 13.2 Å². The van der Waals surface area contributed by atoms with Crippen molar-refractivity contribution in [2.75, 3.05) is 6.26 Å². The van der Waals surface area contributed by atoms with E-state index < -0.39 is 10.0 Å². The van der Waals surface area contributed by atoms with Gasteiger partial charge in [0.1, 0.15) is 0 Å². The van der Waals surface area contributed by atoms with Crippen LogP contribution in [0, 0.1) is 5.92 Å². The molecule has 3 fully saturated rings. The number of sulfonamides is 1. The first-order valence-corrected chi connectivity index (χ1v) is 9.06. The molecular weight excluding hydrogens is 264 g/mol. The molecule has 0 spiro atoms. The molecule has 0 radical (unpaired) electrons. The molecule has 2 unspecified atom stereocenters. The SMILES string of the molecule is CS(=O)(=O)N1C2CCC1CC(NC(=O)CC1CC1)C2. The Labute approximate surface area is 114 Å². The maximum absolute atomic E-state index is 11.8. The normalized spacial score (nSPS) is 35.3. The van der Waals surface area contributed by atoms with Gasteiger partial charge in [-0.2, -0.15) is 4.31 Å². The van der Waals surface area contributed by atoms with E-state index in [4.69, 9.17) is 0 Å². The minimum atomic E-state index is -3.10. The van der Waals surface area contributed by atoms with Crippen LogP contribution in [0.5, 0.6) is 0 Å². The van der Waals surface area contributed by atoms with Gasteiger partial charge in [0.2, 0.25) is 15.9 Å². The number of nitrogens with zero attached hydrogens (tertiary/aromatic N) is 1. The Balaban J connectivity index is 1.59. The van der Waals surface area contributed by atoms with Crippen LogP contribution in [0.1, 0.15) is 44.9 Å². The van der Waals surface area contributed by atoms with E-state index in [2.05, 4.69) is 5.32 Å². The van der Waals surface area contributed by atoms with Crippen LogP contribution in [0.4, 0.5) is 0 Å². The number of carbonyl (C=O) groups is 1. The van der Waals surface area contributed by atoms with Crippen LogP contribution < -0.4 is 5.32 Å². The number of nitrogens with one attached hydrogen (secondary N) is 1. The summed E-state index contributed by atoms with van der Waals surface area (Å²) in [6.45, 7) is 0. The van der Waals surface area contributed by atoms with Crippen molar-refractivity contribution in [2.24, 2.45) is 5.92 Å². The van der Waals surface area contributed by atoms with Gasteiger partial charge in [-0.1, -0.05) is 0 Å². The van der Waals surface area contributed by atoms with Gasteiger partial charge >= 0.3 is 0 Å². The lowest BCUT2D eigenvalue weighted by Gasteiger charge is -2.37. The molecule has 0 aromatic heterocycles. The summed E-state index contributed by atoms with van der Waals surface area (Å²) >= 11 is 0. The van der Waals surface area contributed by atoms with Gasteiger partial charge in [-0.15, -0.1) is 0 Å². The van der Waals surface area contributed by atoms with E-state index >= 15 is 0 Å². The molecule has 19 heavy (non-hydrogen) atoms. The zero-order valence-electron chi connectivity index (χ0n) is 11.3. The van der Waals surface area contributed by atoms with Gasteiger partial charge in [-0.25, -0.2) is 8.42 Å². The van der Waals surface area contributed by atoms with Gasteiger partial charge in [0, 0.05) is 24.5 Å². The maximum atomic E-state index is 11.8. The molecule has 0 aromatic carbocycles. The number of hydrogen-bond donors (Lipinski definition) is 1. The van der Waals surface area contributed by atoms with Crippen molar-refractivity contribution < 1.29 is 13.2 Å². The highest BCUT2D eigenvalue weighted by molar-refractivity contribution is 7.88. The summed E-state index contributed by atoms with van der Waals surface area (Å²) in [6, 6.07) is 0.363. The highest BCUT2D eigenvalue weighted by atomic mass is 32.2. The van der Waals surface area contributed by atoms with E-state index in [0.29, 0.717) is 12.3 Å². The summed E-state index contributed by atoms with van der Waals surface area (Å²) in [5.74, 6) is 0.757. The van der Waals surface area contributed by atoms with E-state index in [0.717, 1.165) is 25.7 Å². The molecule has 2 saturated heterocycles. The van der Waals surface area contributed by atoms with Crippen molar-refractivity contribution >= 4 is 15.9 Å². The minimum Gasteiger partial charge on any atom is -0.353 e. The van der Waals surface area contributed by atoms with Crippen molar-refractivity contribution in [3.05, 3.63) is 0 Å². The summed E-state index contributed by atoms with van der Waals surface area (Å²) < 4.78 is 25.2. The second kappa shape index (κ2) is 4.74. The molecule has 1 aliphatic carbocycles. The molecule has 2 heterocycles. The van der Waals surface area contributed by atoms with Gasteiger partial charge in [-0.05, 0) is 44.4 Å². The van der Waals surface area contributed by atoms with Crippen molar-refractivity contribution in [3.63, 3.8) is 0 Å². The van der Waals surface area contributed by atoms with E-state index in [1.807, 2.05) is 0 Å². The predicted octanol–water partition coefficient (Wildman–Crippen LogP) is 0.858.